The average Bonchev–Trinajstić information content (AvgIpc) is 2.82. The maximum absolute atomic E-state index is 11.5. The Morgan fingerprint density at radius 3 is 2.94 bits per heavy atom. The highest BCUT2D eigenvalue weighted by atomic mass is 35.5. The number of hydrogen-bond acceptors (Lipinski definition) is 3. The van der Waals surface area contributed by atoms with Crippen molar-refractivity contribution in [3.8, 4) is 0 Å². The smallest absolute Gasteiger partial charge is 0.266 e. The molecule has 17 heavy (non-hydrogen) atoms. The molecule has 2 rings (SSSR count). The van der Waals surface area contributed by atoms with Crippen molar-refractivity contribution < 1.29 is 4.79 Å². The molecule has 0 saturated carbocycles. The van der Waals surface area contributed by atoms with Crippen LogP contribution >= 0.6 is 22.9 Å². The van der Waals surface area contributed by atoms with Crippen LogP contribution in [0.1, 0.15) is 15.2 Å². The average molecular weight is 265 g/mol. The molecule has 0 aliphatic carbocycles. The first-order chi connectivity index (χ1) is 8.25. The van der Waals surface area contributed by atoms with Crippen molar-refractivity contribution in [1.29, 1.82) is 0 Å². The van der Waals surface area contributed by atoms with E-state index in [-0.39, 0.29) is 5.91 Å². The molecule has 1 aromatic carbocycles. The quantitative estimate of drug-likeness (QED) is 0.671. The predicted molar refractivity (Wildman–Crippen MR) is 70.8 cm³/mol. The van der Waals surface area contributed by atoms with E-state index in [2.05, 4.69) is 10.5 Å². The number of benzene rings is 1. The summed E-state index contributed by atoms with van der Waals surface area (Å²) >= 11 is 7.19. The van der Waals surface area contributed by atoms with Gasteiger partial charge in [-0.2, -0.15) is 5.10 Å². The first-order valence-electron chi connectivity index (χ1n) is 4.88. The van der Waals surface area contributed by atoms with Gasteiger partial charge in [0.05, 0.1) is 11.1 Å². The van der Waals surface area contributed by atoms with Crippen LogP contribution in [0.5, 0.6) is 0 Å². The fraction of sp³-hybridized carbons (Fsp3) is 0. The summed E-state index contributed by atoms with van der Waals surface area (Å²) in [5.41, 5.74) is 3.29. The van der Waals surface area contributed by atoms with Gasteiger partial charge in [-0.15, -0.1) is 11.3 Å². The topological polar surface area (TPSA) is 41.5 Å². The third-order valence-electron chi connectivity index (χ3n) is 1.97. The molecule has 1 heterocycles. The van der Waals surface area contributed by atoms with E-state index in [1.807, 2.05) is 23.6 Å². The van der Waals surface area contributed by atoms with Crippen molar-refractivity contribution in [3.63, 3.8) is 0 Å². The number of hydrogen-bond donors (Lipinski definition) is 1. The summed E-state index contributed by atoms with van der Waals surface area (Å²) in [6.45, 7) is 0. The SMILES string of the molecule is O=C(N/N=C\c1cccc(Cl)c1)c1cccs1. The van der Waals surface area contributed by atoms with E-state index in [0.717, 1.165) is 5.56 Å². The third-order valence-corrected chi connectivity index (χ3v) is 3.08. The number of halogens is 1. The number of thiophene rings is 1. The summed E-state index contributed by atoms with van der Waals surface area (Å²) in [6, 6.07) is 10.8. The summed E-state index contributed by atoms with van der Waals surface area (Å²) < 4.78 is 0. The van der Waals surface area contributed by atoms with Gasteiger partial charge >= 0.3 is 0 Å². The Bertz CT molecular complexity index is 537. The maximum Gasteiger partial charge on any atom is 0.281 e. The Kier molecular flexibility index (Phi) is 3.90. The second kappa shape index (κ2) is 5.61. The Hall–Kier alpha value is -1.65. The molecule has 3 nitrogen and oxygen atoms in total. The molecule has 1 N–H and O–H groups in total. The molecule has 2 aromatic rings. The normalized spacial score (nSPS) is 10.6. The molecule has 0 fully saturated rings. The first-order valence-corrected chi connectivity index (χ1v) is 6.14. The zero-order valence-electron chi connectivity index (χ0n) is 8.76. The minimum atomic E-state index is -0.210. The molecular weight excluding hydrogens is 256 g/mol. The maximum atomic E-state index is 11.5. The van der Waals surface area contributed by atoms with Gasteiger partial charge in [-0.1, -0.05) is 29.8 Å². The standard InChI is InChI=1S/C12H9ClN2OS/c13-10-4-1-3-9(7-10)8-14-15-12(16)11-5-2-6-17-11/h1-8H,(H,15,16)/b14-8-. The largest absolute Gasteiger partial charge is 0.281 e. The predicted octanol–water partition coefficient (Wildman–Crippen LogP) is 3.17. The van der Waals surface area contributed by atoms with Crippen LogP contribution in [0.15, 0.2) is 46.9 Å². The summed E-state index contributed by atoms with van der Waals surface area (Å²) in [6.07, 6.45) is 1.55. The minimum Gasteiger partial charge on any atom is -0.266 e. The summed E-state index contributed by atoms with van der Waals surface area (Å²) in [4.78, 5) is 12.2. The van der Waals surface area contributed by atoms with Crippen LogP contribution in [-0.4, -0.2) is 12.1 Å². The molecule has 0 spiro atoms. The van der Waals surface area contributed by atoms with Gasteiger partial charge in [-0.3, -0.25) is 4.79 Å². The molecule has 0 aliphatic rings. The Morgan fingerprint density at radius 1 is 1.35 bits per heavy atom. The van der Waals surface area contributed by atoms with Crippen molar-refractivity contribution in [3.05, 3.63) is 57.2 Å². The van der Waals surface area contributed by atoms with E-state index < -0.39 is 0 Å². The van der Waals surface area contributed by atoms with Crippen molar-refractivity contribution >= 4 is 35.1 Å². The van der Waals surface area contributed by atoms with E-state index in [4.69, 9.17) is 11.6 Å². The van der Waals surface area contributed by atoms with Gasteiger partial charge < -0.3 is 0 Å². The van der Waals surface area contributed by atoms with E-state index in [0.29, 0.717) is 9.90 Å². The molecule has 5 heteroatoms. The highest BCUT2D eigenvalue weighted by Gasteiger charge is 2.03. The summed E-state index contributed by atoms with van der Waals surface area (Å²) in [5.74, 6) is -0.210. The molecule has 0 saturated heterocycles. The second-order valence-corrected chi connectivity index (χ2v) is 4.62. The van der Waals surface area contributed by atoms with Crippen molar-refractivity contribution in [1.82, 2.24) is 5.43 Å². The molecule has 0 atom stereocenters. The molecule has 1 amide bonds. The van der Waals surface area contributed by atoms with E-state index in [1.165, 1.54) is 11.3 Å². The van der Waals surface area contributed by atoms with Crippen LogP contribution in [0.4, 0.5) is 0 Å². The molecule has 86 valence electrons. The Morgan fingerprint density at radius 2 is 2.24 bits per heavy atom. The van der Waals surface area contributed by atoms with E-state index >= 15 is 0 Å². The molecule has 0 bridgehead atoms. The molecule has 0 aliphatic heterocycles. The van der Waals surface area contributed by atoms with Crippen molar-refractivity contribution in [2.24, 2.45) is 5.10 Å². The van der Waals surface area contributed by atoms with Gasteiger partial charge in [0.15, 0.2) is 0 Å². The Balaban J connectivity index is 1.96. The molecular formula is C12H9ClN2OS. The highest BCUT2D eigenvalue weighted by molar-refractivity contribution is 7.12. The summed E-state index contributed by atoms with van der Waals surface area (Å²) in [7, 11) is 0. The number of nitrogens with one attached hydrogen (secondary N) is 1. The monoisotopic (exact) mass is 264 g/mol. The minimum absolute atomic E-state index is 0.210. The van der Waals surface area contributed by atoms with Crippen LogP contribution in [0.2, 0.25) is 5.02 Å². The zero-order chi connectivity index (χ0) is 12.1. The van der Waals surface area contributed by atoms with E-state index in [9.17, 15) is 4.79 Å². The number of hydrazone groups is 1. The number of carbonyl (C=O) groups excluding carboxylic acids is 1. The van der Waals surface area contributed by atoms with E-state index in [1.54, 1.807) is 24.4 Å². The zero-order valence-corrected chi connectivity index (χ0v) is 10.3. The highest BCUT2D eigenvalue weighted by Crippen LogP contribution is 2.09. The lowest BCUT2D eigenvalue weighted by molar-refractivity contribution is 0.0959. The fourth-order valence-corrected chi connectivity index (χ4v) is 2.03. The lowest BCUT2D eigenvalue weighted by Crippen LogP contribution is -2.16. The van der Waals surface area contributed by atoms with Crippen LogP contribution in [0.3, 0.4) is 0 Å². The third kappa shape index (κ3) is 3.41. The summed E-state index contributed by atoms with van der Waals surface area (Å²) in [5, 5.41) is 6.34. The van der Waals surface area contributed by atoms with Gasteiger partial charge in [0.25, 0.3) is 5.91 Å². The van der Waals surface area contributed by atoms with Gasteiger partial charge in [0, 0.05) is 5.02 Å². The molecule has 0 unspecified atom stereocenters. The van der Waals surface area contributed by atoms with Crippen molar-refractivity contribution in [2.45, 2.75) is 0 Å². The first kappa shape index (κ1) is 11.8. The van der Waals surface area contributed by atoms with Crippen LogP contribution in [0, 0.1) is 0 Å². The van der Waals surface area contributed by atoms with Gasteiger partial charge in [0.1, 0.15) is 0 Å². The lowest BCUT2D eigenvalue weighted by Gasteiger charge is -1.96. The molecule has 1 aromatic heterocycles. The second-order valence-electron chi connectivity index (χ2n) is 3.23. The Labute approximate surface area is 108 Å². The van der Waals surface area contributed by atoms with Gasteiger partial charge in [-0.25, -0.2) is 5.43 Å². The number of nitrogens with zero attached hydrogens (tertiary/aromatic N) is 1. The van der Waals surface area contributed by atoms with Crippen LogP contribution < -0.4 is 5.43 Å². The number of carbonyl (C=O) groups is 1. The number of amides is 1. The lowest BCUT2D eigenvalue weighted by atomic mass is 10.2. The van der Waals surface area contributed by atoms with Crippen LogP contribution in [0.25, 0.3) is 0 Å². The number of rotatable bonds is 3. The van der Waals surface area contributed by atoms with Crippen LogP contribution in [-0.2, 0) is 0 Å². The van der Waals surface area contributed by atoms with Crippen molar-refractivity contribution in [2.75, 3.05) is 0 Å². The fourth-order valence-electron chi connectivity index (χ4n) is 1.22. The van der Waals surface area contributed by atoms with Gasteiger partial charge in [0.2, 0.25) is 0 Å². The molecule has 0 radical (unpaired) electrons. The van der Waals surface area contributed by atoms with Gasteiger partial charge in [-0.05, 0) is 29.1 Å².